The first-order chi connectivity index (χ1) is 9.54. The lowest BCUT2D eigenvalue weighted by Gasteiger charge is -2.22. The molecule has 0 saturated heterocycles. The number of rotatable bonds is 4. The summed E-state index contributed by atoms with van der Waals surface area (Å²) in [6, 6.07) is 6.37. The summed E-state index contributed by atoms with van der Waals surface area (Å²) < 4.78 is 27.6. The van der Waals surface area contributed by atoms with Crippen molar-refractivity contribution in [1.82, 2.24) is 4.72 Å². The highest BCUT2D eigenvalue weighted by Gasteiger charge is 2.28. The molecule has 2 unspecified atom stereocenters. The molecule has 1 aromatic rings. The molecular formula is C14H22N2O3S. The molecule has 1 aromatic carbocycles. The standard InChI is InChI=1S/C14H22N2O3S/c1-15-12-8-5-6-10-14(12)20(18,19)16-11-7-3-2-4-9-13(11)17/h5-6,8,10-11,13,15-17H,2-4,7,9H2,1H3. The molecule has 0 heterocycles. The lowest BCUT2D eigenvalue weighted by Crippen LogP contribution is -2.42. The average molecular weight is 298 g/mol. The van der Waals surface area contributed by atoms with E-state index in [0.29, 0.717) is 18.5 Å². The number of benzene rings is 1. The molecule has 20 heavy (non-hydrogen) atoms. The van der Waals surface area contributed by atoms with E-state index in [1.54, 1.807) is 31.3 Å². The van der Waals surface area contributed by atoms with Crippen LogP contribution in [0.2, 0.25) is 0 Å². The Morgan fingerprint density at radius 1 is 1.15 bits per heavy atom. The van der Waals surface area contributed by atoms with Gasteiger partial charge in [-0.2, -0.15) is 0 Å². The summed E-state index contributed by atoms with van der Waals surface area (Å²) in [4.78, 5) is 0.221. The van der Waals surface area contributed by atoms with Crippen LogP contribution in [0, 0.1) is 0 Å². The first kappa shape index (κ1) is 15.3. The van der Waals surface area contributed by atoms with Crippen molar-refractivity contribution in [2.24, 2.45) is 0 Å². The van der Waals surface area contributed by atoms with Gasteiger partial charge in [-0.15, -0.1) is 0 Å². The van der Waals surface area contributed by atoms with Crippen LogP contribution in [0.25, 0.3) is 0 Å². The minimum Gasteiger partial charge on any atom is -0.391 e. The fraction of sp³-hybridized carbons (Fsp3) is 0.571. The maximum Gasteiger partial charge on any atom is 0.242 e. The minimum absolute atomic E-state index is 0.221. The van der Waals surface area contributed by atoms with E-state index in [1.807, 2.05) is 0 Å². The second-order valence-electron chi connectivity index (χ2n) is 5.18. The van der Waals surface area contributed by atoms with Crippen LogP contribution in [0.15, 0.2) is 29.2 Å². The Bertz CT molecular complexity index is 545. The molecule has 1 aliphatic rings. The lowest BCUT2D eigenvalue weighted by atomic mass is 10.1. The third kappa shape index (κ3) is 3.50. The Kier molecular flexibility index (Phi) is 5.01. The number of aliphatic hydroxyl groups excluding tert-OH is 1. The molecule has 0 aromatic heterocycles. The summed E-state index contributed by atoms with van der Waals surface area (Å²) in [7, 11) is -1.93. The number of nitrogens with one attached hydrogen (secondary N) is 2. The van der Waals surface area contributed by atoms with E-state index in [1.165, 1.54) is 0 Å². The average Bonchev–Trinajstić information content (AvgIpc) is 2.64. The Morgan fingerprint density at radius 3 is 2.60 bits per heavy atom. The molecule has 0 bridgehead atoms. The molecule has 112 valence electrons. The largest absolute Gasteiger partial charge is 0.391 e. The maximum atomic E-state index is 12.5. The Hall–Kier alpha value is -1.11. The van der Waals surface area contributed by atoms with E-state index in [4.69, 9.17) is 0 Å². The van der Waals surface area contributed by atoms with Gasteiger partial charge >= 0.3 is 0 Å². The van der Waals surface area contributed by atoms with Gasteiger partial charge in [0.2, 0.25) is 10.0 Å². The van der Waals surface area contributed by atoms with Crippen molar-refractivity contribution in [2.75, 3.05) is 12.4 Å². The van der Waals surface area contributed by atoms with Crippen molar-refractivity contribution in [1.29, 1.82) is 0 Å². The van der Waals surface area contributed by atoms with Crippen molar-refractivity contribution in [3.63, 3.8) is 0 Å². The molecule has 2 rings (SSSR count). The first-order valence-corrected chi connectivity index (χ1v) is 8.50. The molecule has 0 amide bonds. The van der Waals surface area contributed by atoms with Crippen molar-refractivity contribution in [3.05, 3.63) is 24.3 Å². The van der Waals surface area contributed by atoms with E-state index in [0.717, 1.165) is 19.3 Å². The summed E-state index contributed by atoms with van der Waals surface area (Å²) >= 11 is 0. The van der Waals surface area contributed by atoms with Crippen molar-refractivity contribution in [3.8, 4) is 0 Å². The monoisotopic (exact) mass is 298 g/mol. The summed E-state index contributed by atoms with van der Waals surface area (Å²) in [5.41, 5.74) is 0.558. The highest BCUT2D eigenvalue weighted by Crippen LogP contribution is 2.23. The van der Waals surface area contributed by atoms with Crippen LogP contribution in [-0.4, -0.2) is 32.7 Å². The highest BCUT2D eigenvalue weighted by molar-refractivity contribution is 7.89. The summed E-state index contributed by atoms with van der Waals surface area (Å²) in [6.45, 7) is 0. The predicted octanol–water partition coefficient (Wildman–Crippen LogP) is 1.70. The van der Waals surface area contributed by atoms with E-state index < -0.39 is 22.2 Å². The third-order valence-corrected chi connectivity index (χ3v) is 5.28. The number of aliphatic hydroxyl groups is 1. The van der Waals surface area contributed by atoms with Crippen LogP contribution in [0.5, 0.6) is 0 Å². The number of sulfonamides is 1. The number of anilines is 1. The van der Waals surface area contributed by atoms with Gasteiger partial charge in [0.1, 0.15) is 4.90 Å². The van der Waals surface area contributed by atoms with Gasteiger partial charge in [0.25, 0.3) is 0 Å². The van der Waals surface area contributed by atoms with E-state index in [-0.39, 0.29) is 4.90 Å². The van der Waals surface area contributed by atoms with Gasteiger partial charge in [0, 0.05) is 13.1 Å². The Morgan fingerprint density at radius 2 is 1.85 bits per heavy atom. The van der Waals surface area contributed by atoms with Crippen molar-refractivity contribution >= 4 is 15.7 Å². The molecular weight excluding hydrogens is 276 g/mol. The van der Waals surface area contributed by atoms with Gasteiger partial charge in [-0.3, -0.25) is 0 Å². The van der Waals surface area contributed by atoms with Gasteiger partial charge in [-0.05, 0) is 25.0 Å². The van der Waals surface area contributed by atoms with Crippen LogP contribution < -0.4 is 10.0 Å². The molecule has 0 aliphatic heterocycles. The molecule has 3 N–H and O–H groups in total. The maximum absolute atomic E-state index is 12.5. The molecule has 1 fully saturated rings. The van der Waals surface area contributed by atoms with Crippen LogP contribution in [0.1, 0.15) is 32.1 Å². The van der Waals surface area contributed by atoms with E-state index in [9.17, 15) is 13.5 Å². The smallest absolute Gasteiger partial charge is 0.242 e. The fourth-order valence-corrected chi connectivity index (χ4v) is 4.11. The molecule has 2 atom stereocenters. The molecule has 6 heteroatoms. The topological polar surface area (TPSA) is 78.4 Å². The number of para-hydroxylation sites is 1. The second kappa shape index (κ2) is 6.56. The van der Waals surface area contributed by atoms with Crippen LogP contribution in [-0.2, 0) is 10.0 Å². The van der Waals surface area contributed by atoms with Crippen LogP contribution >= 0.6 is 0 Å². The normalized spacial score (nSPS) is 24.1. The lowest BCUT2D eigenvalue weighted by molar-refractivity contribution is 0.130. The molecule has 5 nitrogen and oxygen atoms in total. The number of hydrogen-bond acceptors (Lipinski definition) is 4. The summed E-state index contributed by atoms with van der Waals surface area (Å²) in [5.74, 6) is 0. The highest BCUT2D eigenvalue weighted by atomic mass is 32.2. The predicted molar refractivity (Wildman–Crippen MR) is 79.2 cm³/mol. The zero-order valence-corrected chi connectivity index (χ0v) is 12.5. The zero-order valence-electron chi connectivity index (χ0n) is 11.7. The summed E-state index contributed by atoms with van der Waals surface area (Å²) in [6.07, 6.45) is 3.67. The second-order valence-corrected chi connectivity index (χ2v) is 6.86. The van der Waals surface area contributed by atoms with E-state index >= 15 is 0 Å². The van der Waals surface area contributed by atoms with Gasteiger partial charge in [-0.25, -0.2) is 13.1 Å². The van der Waals surface area contributed by atoms with Crippen molar-refractivity contribution < 1.29 is 13.5 Å². The van der Waals surface area contributed by atoms with Gasteiger partial charge in [0.05, 0.1) is 11.8 Å². The molecule has 0 spiro atoms. The fourth-order valence-electron chi connectivity index (χ4n) is 2.60. The molecule has 1 saturated carbocycles. The first-order valence-electron chi connectivity index (χ1n) is 7.02. The van der Waals surface area contributed by atoms with Crippen LogP contribution in [0.4, 0.5) is 5.69 Å². The Labute approximate surface area is 120 Å². The molecule has 0 radical (unpaired) electrons. The van der Waals surface area contributed by atoms with Gasteiger partial charge in [-0.1, -0.05) is 31.4 Å². The van der Waals surface area contributed by atoms with Gasteiger partial charge in [0.15, 0.2) is 0 Å². The number of hydrogen-bond donors (Lipinski definition) is 3. The minimum atomic E-state index is -3.62. The van der Waals surface area contributed by atoms with E-state index in [2.05, 4.69) is 10.0 Å². The van der Waals surface area contributed by atoms with Crippen LogP contribution in [0.3, 0.4) is 0 Å². The SMILES string of the molecule is CNc1ccccc1S(=O)(=O)NC1CCCCCC1O. The summed E-state index contributed by atoms with van der Waals surface area (Å²) in [5, 5.41) is 12.9. The molecule has 1 aliphatic carbocycles. The Balaban J connectivity index is 2.22. The zero-order chi connectivity index (χ0) is 14.6. The van der Waals surface area contributed by atoms with Gasteiger partial charge < -0.3 is 10.4 Å². The third-order valence-electron chi connectivity index (χ3n) is 3.73. The quantitative estimate of drug-likeness (QED) is 0.739. The van der Waals surface area contributed by atoms with Crippen molar-refractivity contribution in [2.45, 2.75) is 49.1 Å².